The molecule has 0 saturated heterocycles. The minimum absolute atomic E-state index is 0.142. The van der Waals surface area contributed by atoms with E-state index < -0.39 is 40.3 Å². The summed E-state index contributed by atoms with van der Waals surface area (Å²) in [5.41, 5.74) is 2.01. The molecule has 202 valence electrons. The molecule has 0 bridgehead atoms. The van der Waals surface area contributed by atoms with Crippen molar-refractivity contribution in [1.82, 2.24) is 5.32 Å². The lowest BCUT2D eigenvalue weighted by atomic mass is 9.95. The molecule has 0 unspecified atom stereocenters. The van der Waals surface area contributed by atoms with Crippen molar-refractivity contribution in [3.8, 4) is 0 Å². The predicted octanol–water partition coefficient (Wildman–Crippen LogP) is 6.42. The maximum Gasteiger partial charge on any atom is 0.416 e. The van der Waals surface area contributed by atoms with Gasteiger partial charge < -0.3 is 5.32 Å². The number of sulfonamides is 1. The van der Waals surface area contributed by atoms with Crippen molar-refractivity contribution in [2.75, 3.05) is 10.8 Å². The Morgan fingerprint density at radius 3 is 2.13 bits per heavy atom. The number of carbonyl (C=O) groups excluding carboxylic acids is 1. The third-order valence-electron chi connectivity index (χ3n) is 6.30. The third kappa shape index (κ3) is 6.49. The largest absolute Gasteiger partial charge is 0.416 e. The summed E-state index contributed by atoms with van der Waals surface area (Å²) in [6.45, 7) is 2.95. The Kier molecular flexibility index (Phi) is 8.11. The van der Waals surface area contributed by atoms with E-state index in [0.29, 0.717) is 4.31 Å². The monoisotopic (exact) mass is 552 g/mol. The smallest absolute Gasteiger partial charge is 0.344 e. The van der Waals surface area contributed by atoms with Crippen molar-refractivity contribution < 1.29 is 26.4 Å². The lowest BCUT2D eigenvalue weighted by molar-refractivity contribution is -0.137. The highest BCUT2D eigenvalue weighted by molar-refractivity contribution is 7.92. The summed E-state index contributed by atoms with van der Waals surface area (Å²) in [6.07, 6.45) is -4.69. The fraction of sp³-hybridized carbons (Fsp3) is 0.167. The van der Waals surface area contributed by atoms with Crippen molar-refractivity contribution >= 4 is 21.6 Å². The van der Waals surface area contributed by atoms with E-state index >= 15 is 0 Å². The van der Waals surface area contributed by atoms with Gasteiger partial charge in [0.1, 0.15) is 6.54 Å². The number of carbonyl (C=O) groups is 1. The Morgan fingerprint density at radius 2 is 1.49 bits per heavy atom. The number of aryl methyl sites for hydroxylation is 2. The maximum atomic E-state index is 13.7. The number of nitrogens with zero attached hydrogens (tertiary/aromatic N) is 1. The second kappa shape index (κ2) is 11.3. The van der Waals surface area contributed by atoms with Gasteiger partial charge in [-0.1, -0.05) is 78.4 Å². The summed E-state index contributed by atoms with van der Waals surface area (Å²) in [6, 6.07) is 25.9. The van der Waals surface area contributed by atoms with Crippen LogP contribution in [0, 0.1) is 13.8 Å². The number of hydrogen-bond donors (Lipinski definition) is 1. The van der Waals surface area contributed by atoms with Crippen molar-refractivity contribution in [3.05, 3.63) is 131 Å². The minimum atomic E-state index is -4.69. The number of alkyl halides is 3. The van der Waals surface area contributed by atoms with Gasteiger partial charge in [-0.25, -0.2) is 8.42 Å². The summed E-state index contributed by atoms with van der Waals surface area (Å²) in [7, 11) is -4.40. The van der Waals surface area contributed by atoms with Gasteiger partial charge in [0.15, 0.2) is 0 Å². The van der Waals surface area contributed by atoms with Crippen LogP contribution in [0.15, 0.2) is 108 Å². The van der Waals surface area contributed by atoms with Crippen LogP contribution in [0.1, 0.15) is 33.9 Å². The fourth-order valence-electron chi connectivity index (χ4n) is 4.22. The lowest BCUT2D eigenvalue weighted by Crippen LogP contribution is -2.42. The second-order valence-electron chi connectivity index (χ2n) is 9.14. The Balaban J connectivity index is 1.74. The predicted molar refractivity (Wildman–Crippen MR) is 145 cm³/mol. The van der Waals surface area contributed by atoms with E-state index in [0.717, 1.165) is 40.5 Å². The fourth-order valence-corrected chi connectivity index (χ4v) is 5.64. The van der Waals surface area contributed by atoms with Crippen LogP contribution < -0.4 is 9.62 Å². The maximum absolute atomic E-state index is 13.7. The zero-order valence-corrected chi connectivity index (χ0v) is 22.1. The first kappa shape index (κ1) is 27.9. The van der Waals surface area contributed by atoms with Crippen LogP contribution in [0.3, 0.4) is 0 Å². The summed E-state index contributed by atoms with van der Waals surface area (Å²) in [4.78, 5) is 13.3. The number of anilines is 1. The molecular weight excluding hydrogens is 525 g/mol. The molecule has 0 radical (unpaired) electrons. The topological polar surface area (TPSA) is 66.5 Å². The van der Waals surface area contributed by atoms with Gasteiger partial charge in [0.05, 0.1) is 22.2 Å². The number of nitrogens with one attached hydrogen (secondary N) is 1. The number of amides is 1. The Hall–Kier alpha value is -4.11. The summed E-state index contributed by atoms with van der Waals surface area (Å²) in [5.74, 6) is -0.680. The highest BCUT2D eigenvalue weighted by Gasteiger charge is 2.33. The normalized spacial score (nSPS) is 12.5. The van der Waals surface area contributed by atoms with Crippen LogP contribution in [0.4, 0.5) is 18.9 Å². The van der Waals surface area contributed by atoms with Gasteiger partial charge in [-0.15, -0.1) is 0 Å². The first-order valence-corrected chi connectivity index (χ1v) is 13.6. The van der Waals surface area contributed by atoms with Gasteiger partial charge in [0, 0.05) is 0 Å². The van der Waals surface area contributed by atoms with Crippen LogP contribution in [0.25, 0.3) is 0 Å². The highest BCUT2D eigenvalue weighted by atomic mass is 32.2. The third-order valence-corrected chi connectivity index (χ3v) is 8.08. The first-order valence-electron chi connectivity index (χ1n) is 12.1. The van der Waals surface area contributed by atoms with Crippen LogP contribution in [0.2, 0.25) is 0 Å². The van der Waals surface area contributed by atoms with E-state index in [1.807, 2.05) is 61.5 Å². The number of benzene rings is 4. The van der Waals surface area contributed by atoms with E-state index in [1.54, 1.807) is 19.1 Å². The molecule has 4 rings (SSSR count). The van der Waals surface area contributed by atoms with Gasteiger partial charge in [-0.3, -0.25) is 9.10 Å². The Bertz CT molecular complexity index is 1550. The summed E-state index contributed by atoms with van der Waals surface area (Å²) in [5, 5.41) is 2.90. The second-order valence-corrected chi connectivity index (χ2v) is 11.0. The molecule has 1 amide bonds. The Labute approximate surface area is 226 Å². The van der Waals surface area contributed by atoms with Crippen molar-refractivity contribution in [1.29, 1.82) is 0 Å². The van der Waals surface area contributed by atoms with Gasteiger partial charge in [0.2, 0.25) is 5.91 Å². The average Bonchev–Trinajstić information content (AvgIpc) is 2.91. The van der Waals surface area contributed by atoms with Crippen LogP contribution in [0.5, 0.6) is 0 Å². The standard InChI is InChI=1S/C30H27F3N2O3S/c1-21-15-17-26(18-16-21)39(37,38)35(25-13-8-12-24(19-25)30(31,32)33)20-28(36)34-29(23-10-4-3-5-11-23)27-14-7-6-9-22(27)2/h3-19,29H,20H2,1-2H3,(H,34,36)/t29-/m1/s1. The molecule has 4 aromatic rings. The van der Waals surface area contributed by atoms with Crippen molar-refractivity contribution in [3.63, 3.8) is 0 Å². The molecule has 4 aromatic carbocycles. The SMILES string of the molecule is Cc1ccc(S(=O)(=O)N(CC(=O)N[C@H](c2ccccc2)c2ccccc2C)c2cccc(C(F)(F)F)c2)cc1. The lowest BCUT2D eigenvalue weighted by Gasteiger charge is -2.27. The van der Waals surface area contributed by atoms with Crippen molar-refractivity contribution in [2.45, 2.75) is 31.0 Å². The quantitative estimate of drug-likeness (QED) is 0.274. The molecular formula is C30H27F3N2O3S. The van der Waals surface area contributed by atoms with Crippen LogP contribution >= 0.6 is 0 Å². The molecule has 1 atom stereocenters. The minimum Gasteiger partial charge on any atom is -0.344 e. The average molecular weight is 553 g/mol. The van der Waals surface area contributed by atoms with E-state index in [-0.39, 0.29) is 10.6 Å². The van der Waals surface area contributed by atoms with Crippen LogP contribution in [-0.2, 0) is 21.0 Å². The van der Waals surface area contributed by atoms with Gasteiger partial charge in [-0.05, 0) is 60.9 Å². The van der Waals surface area contributed by atoms with Gasteiger partial charge in [-0.2, -0.15) is 13.2 Å². The Morgan fingerprint density at radius 1 is 0.846 bits per heavy atom. The van der Waals surface area contributed by atoms with E-state index in [4.69, 9.17) is 0 Å². The molecule has 0 fully saturated rings. The molecule has 0 aliphatic carbocycles. The molecule has 0 heterocycles. The zero-order chi connectivity index (χ0) is 28.2. The van der Waals surface area contributed by atoms with Gasteiger partial charge in [0.25, 0.3) is 10.0 Å². The van der Waals surface area contributed by atoms with Gasteiger partial charge >= 0.3 is 6.18 Å². The molecule has 0 aliphatic rings. The number of hydrogen-bond acceptors (Lipinski definition) is 3. The molecule has 0 saturated carbocycles. The molecule has 5 nitrogen and oxygen atoms in total. The van der Waals surface area contributed by atoms with Crippen molar-refractivity contribution in [2.24, 2.45) is 0 Å². The summed E-state index contributed by atoms with van der Waals surface area (Å²) < 4.78 is 68.6. The van der Waals surface area contributed by atoms with E-state index in [2.05, 4.69) is 5.32 Å². The molecule has 0 spiro atoms. The zero-order valence-electron chi connectivity index (χ0n) is 21.3. The molecule has 39 heavy (non-hydrogen) atoms. The molecule has 0 aromatic heterocycles. The van der Waals surface area contributed by atoms with E-state index in [1.165, 1.54) is 18.2 Å². The summed E-state index contributed by atoms with van der Waals surface area (Å²) >= 11 is 0. The van der Waals surface area contributed by atoms with E-state index in [9.17, 15) is 26.4 Å². The molecule has 0 aliphatic heterocycles. The van der Waals surface area contributed by atoms with Crippen LogP contribution in [-0.4, -0.2) is 20.9 Å². The first-order chi connectivity index (χ1) is 18.5. The number of halogens is 3. The molecule has 9 heteroatoms. The molecule has 1 N–H and O–H groups in total. The number of rotatable bonds is 8. The highest BCUT2D eigenvalue weighted by Crippen LogP contribution is 2.33.